The average molecular weight is 301 g/mol. The van der Waals surface area contributed by atoms with Crippen LogP contribution < -0.4 is 0 Å². The Morgan fingerprint density at radius 1 is 1.00 bits per heavy atom. The zero-order chi connectivity index (χ0) is 14.7. The largest absolute Gasteiger partial charge is 0.378 e. The summed E-state index contributed by atoms with van der Waals surface area (Å²) < 4.78 is 5.26. The molecule has 21 heavy (non-hydrogen) atoms. The van der Waals surface area contributed by atoms with Crippen molar-refractivity contribution in [2.75, 3.05) is 26.3 Å². The van der Waals surface area contributed by atoms with Crippen molar-refractivity contribution in [3.05, 3.63) is 57.8 Å². The zero-order valence-corrected chi connectivity index (χ0v) is 12.3. The Labute approximate surface area is 127 Å². The molecule has 0 unspecified atom stereocenters. The van der Waals surface area contributed by atoms with Gasteiger partial charge in [-0.1, -0.05) is 24.3 Å². The Morgan fingerprint density at radius 3 is 2.38 bits per heavy atom. The van der Waals surface area contributed by atoms with E-state index in [0.29, 0.717) is 42.3 Å². The van der Waals surface area contributed by atoms with Crippen molar-refractivity contribution in [2.24, 2.45) is 0 Å². The zero-order valence-electron chi connectivity index (χ0n) is 11.5. The van der Waals surface area contributed by atoms with Gasteiger partial charge in [-0.2, -0.15) is 0 Å². The average Bonchev–Trinajstić information content (AvgIpc) is 3.09. The van der Waals surface area contributed by atoms with Gasteiger partial charge in [0.05, 0.1) is 23.7 Å². The number of hydrogen-bond donors (Lipinski definition) is 0. The monoisotopic (exact) mass is 301 g/mol. The van der Waals surface area contributed by atoms with Crippen molar-refractivity contribution in [2.45, 2.75) is 0 Å². The molecule has 0 radical (unpaired) electrons. The number of carbonyl (C=O) groups is 2. The smallest absolute Gasteiger partial charge is 0.254 e. The molecule has 2 aromatic rings. The summed E-state index contributed by atoms with van der Waals surface area (Å²) in [5.41, 5.74) is 0.939. The summed E-state index contributed by atoms with van der Waals surface area (Å²) in [4.78, 5) is 27.5. The van der Waals surface area contributed by atoms with Crippen molar-refractivity contribution in [3.63, 3.8) is 0 Å². The highest BCUT2D eigenvalue weighted by Gasteiger charge is 2.23. The third-order valence-electron chi connectivity index (χ3n) is 3.45. The molecule has 1 aliphatic heterocycles. The van der Waals surface area contributed by atoms with E-state index in [2.05, 4.69) is 0 Å². The van der Waals surface area contributed by atoms with E-state index >= 15 is 0 Å². The molecule has 1 aromatic carbocycles. The standard InChI is InChI=1S/C16H15NO3S/c18-15(14-6-3-11-21-14)12-4-1-2-5-13(12)16(19)17-7-9-20-10-8-17/h1-6,11H,7-10H2. The minimum atomic E-state index is -0.0983. The molecule has 0 N–H and O–H groups in total. The van der Waals surface area contributed by atoms with Crippen LogP contribution >= 0.6 is 11.3 Å². The number of ether oxygens (including phenoxy) is 1. The Morgan fingerprint density at radius 2 is 1.71 bits per heavy atom. The van der Waals surface area contributed by atoms with Gasteiger partial charge in [0.1, 0.15) is 0 Å². The van der Waals surface area contributed by atoms with Gasteiger partial charge in [-0.05, 0) is 17.5 Å². The van der Waals surface area contributed by atoms with Gasteiger partial charge in [-0.3, -0.25) is 9.59 Å². The van der Waals surface area contributed by atoms with E-state index in [0.717, 1.165) is 0 Å². The van der Waals surface area contributed by atoms with E-state index < -0.39 is 0 Å². The number of benzene rings is 1. The van der Waals surface area contributed by atoms with Crippen molar-refractivity contribution in [1.29, 1.82) is 0 Å². The van der Waals surface area contributed by atoms with Gasteiger partial charge in [0.2, 0.25) is 5.78 Å². The molecule has 0 spiro atoms. The van der Waals surface area contributed by atoms with Crippen molar-refractivity contribution in [3.8, 4) is 0 Å². The summed E-state index contributed by atoms with van der Waals surface area (Å²) >= 11 is 1.39. The van der Waals surface area contributed by atoms with E-state index in [4.69, 9.17) is 4.74 Å². The number of rotatable bonds is 3. The molecule has 1 aliphatic rings. The Kier molecular flexibility index (Phi) is 4.13. The first kappa shape index (κ1) is 14.0. The molecule has 0 aliphatic carbocycles. The Bertz CT molecular complexity index is 645. The fourth-order valence-corrected chi connectivity index (χ4v) is 3.02. The van der Waals surface area contributed by atoms with Gasteiger partial charge in [-0.25, -0.2) is 0 Å². The fourth-order valence-electron chi connectivity index (χ4n) is 2.34. The van der Waals surface area contributed by atoms with Crippen LogP contribution in [0.4, 0.5) is 0 Å². The second kappa shape index (κ2) is 6.20. The van der Waals surface area contributed by atoms with Gasteiger partial charge in [-0.15, -0.1) is 11.3 Å². The van der Waals surface area contributed by atoms with Crippen molar-refractivity contribution >= 4 is 23.0 Å². The number of amides is 1. The normalized spacial score (nSPS) is 15.0. The SMILES string of the molecule is O=C(c1cccs1)c1ccccc1C(=O)N1CCOCC1. The lowest BCUT2D eigenvalue weighted by Crippen LogP contribution is -2.41. The van der Waals surface area contributed by atoms with Gasteiger partial charge < -0.3 is 9.64 Å². The molecule has 5 heteroatoms. The molecule has 3 rings (SSSR count). The first-order valence-corrected chi connectivity index (χ1v) is 7.69. The molecule has 1 saturated heterocycles. The van der Waals surface area contributed by atoms with Crippen LogP contribution in [0.25, 0.3) is 0 Å². The van der Waals surface area contributed by atoms with Crippen LogP contribution in [0.1, 0.15) is 25.6 Å². The molecular formula is C16H15NO3S. The summed E-state index contributed by atoms with van der Waals surface area (Å²) in [6, 6.07) is 10.6. The van der Waals surface area contributed by atoms with E-state index in [1.807, 2.05) is 11.4 Å². The van der Waals surface area contributed by atoms with E-state index in [-0.39, 0.29) is 11.7 Å². The summed E-state index contributed by atoms with van der Waals surface area (Å²) in [7, 11) is 0. The summed E-state index contributed by atoms with van der Waals surface area (Å²) in [5, 5.41) is 1.86. The maximum absolute atomic E-state index is 12.6. The predicted molar refractivity (Wildman–Crippen MR) is 80.9 cm³/mol. The van der Waals surface area contributed by atoms with Crippen LogP contribution in [0.2, 0.25) is 0 Å². The lowest BCUT2D eigenvalue weighted by Gasteiger charge is -2.27. The number of thiophene rings is 1. The third-order valence-corrected chi connectivity index (χ3v) is 4.31. The highest BCUT2D eigenvalue weighted by Crippen LogP contribution is 2.20. The maximum atomic E-state index is 12.6. The number of nitrogens with zero attached hydrogens (tertiary/aromatic N) is 1. The van der Waals surface area contributed by atoms with E-state index in [1.54, 1.807) is 35.2 Å². The summed E-state index contributed by atoms with van der Waals surface area (Å²) in [6.45, 7) is 2.24. The van der Waals surface area contributed by atoms with Crippen LogP contribution in [-0.2, 0) is 4.74 Å². The number of carbonyl (C=O) groups excluding carboxylic acids is 2. The number of hydrogen-bond acceptors (Lipinski definition) is 4. The summed E-state index contributed by atoms with van der Waals surface area (Å²) in [5.74, 6) is -0.194. The minimum absolute atomic E-state index is 0.0952. The molecule has 1 amide bonds. The summed E-state index contributed by atoms with van der Waals surface area (Å²) in [6.07, 6.45) is 0. The van der Waals surface area contributed by atoms with Crippen molar-refractivity contribution < 1.29 is 14.3 Å². The molecule has 0 saturated carbocycles. The lowest BCUT2D eigenvalue weighted by molar-refractivity contribution is 0.0302. The molecular weight excluding hydrogens is 286 g/mol. The number of ketones is 1. The minimum Gasteiger partial charge on any atom is -0.378 e. The first-order valence-electron chi connectivity index (χ1n) is 6.81. The molecule has 0 atom stereocenters. The Hall–Kier alpha value is -1.98. The fraction of sp³-hybridized carbons (Fsp3) is 0.250. The van der Waals surface area contributed by atoms with Crippen LogP contribution in [0.5, 0.6) is 0 Å². The van der Waals surface area contributed by atoms with Crippen LogP contribution in [0.3, 0.4) is 0 Å². The predicted octanol–water partition coefficient (Wildman–Crippen LogP) is 2.45. The maximum Gasteiger partial charge on any atom is 0.254 e. The molecule has 0 bridgehead atoms. The molecule has 2 heterocycles. The van der Waals surface area contributed by atoms with Crippen LogP contribution in [0, 0.1) is 0 Å². The molecule has 4 nitrogen and oxygen atoms in total. The first-order chi connectivity index (χ1) is 10.3. The topological polar surface area (TPSA) is 46.6 Å². The van der Waals surface area contributed by atoms with Gasteiger partial charge in [0, 0.05) is 18.7 Å². The van der Waals surface area contributed by atoms with Crippen LogP contribution in [0.15, 0.2) is 41.8 Å². The highest BCUT2D eigenvalue weighted by atomic mass is 32.1. The lowest BCUT2D eigenvalue weighted by atomic mass is 10.0. The quantitative estimate of drug-likeness (QED) is 0.818. The second-order valence-electron chi connectivity index (χ2n) is 4.76. The molecule has 108 valence electrons. The van der Waals surface area contributed by atoms with E-state index in [1.165, 1.54) is 11.3 Å². The third kappa shape index (κ3) is 2.89. The number of morpholine rings is 1. The second-order valence-corrected chi connectivity index (χ2v) is 5.70. The highest BCUT2D eigenvalue weighted by molar-refractivity contribution is 7.12. The van der Waals surface area contributed by atoms with Gasteiger partial charge in [0.25, 0.3) is 5.91 Å². The Balaban J connectivity index is 1.92. The van der Waals surface area contributed by atoms with Gasteiger partial charge >= 0.3 is 0 Å². The molecule has 1 aromatic heterocycles. The van der Waals surface area contributed by atoms with Crippen LogP contribution in [-0.4, -0.2) is 42.9 Å². The van der Waals surface area contributed by atoms with Gasteiger partial charge in [0.15, 0.2) is 0 Å². The van der Waals surface area contributed by atoms with E-state index in [9.17, 15) is 9.59 Å². The van der Waals surface area contributed by atoms with Crippen molar-refractivity contribution in [1.82, 2.24) is 4.90 Å². The molecule has 1 fully saturated rings.